The predicted molar refractivity (Wildman–Crippen MR) is 45.7 cm³/mol. The van der Waals surface area contributed by atoms with Gasteiger partial charge in [-0.15, -0.1) is 0 Å². The van der Waals surface area contributed by atoms with E-state index in [1.54, 1.807) is 7.11 Å². The van der Waals surface area contributed by atoms with E-state index in [-0.39, 0.29) is 12.6 Å². The van der Waals surface area contributed by atoms with Crippen LogP contribution in [0.5, 0.6) is 0 Å². The molecule has 11 heavy (non-hydrogen) atoms. The highest BCUT2D eigenvalue weighted by Crippen LogP contribution is 1.97. The average Bonchev–Trinajstić information content (AvgIpc) is 2.05. The van der Waals surface area contributed by atoms with Gasteiger partial charge in [0.2, 0.25) is 0 Å². The second kappa shape index (κ2) is 6.58. The van der Waals surface area contributed by atoms with Crippen LogP contribution in [0, 0.1) is 0 Å². The molecule has 1 atom stereocenters. The van der Waals surface area contributed by atoms with E-state index in [0.717, 1.165) is 13.1 Å². The maximum absolute atomic E-state index is 8.97. The minimum absolute atomic E-state index is 0.162. The maximum atomic E-state index is 8.97. The molecule has 0 aliphatic carbocycles. The Balaban J connectivity index is 3.76. The van der Waals surface area contributed by atoms with E-state index in [9.17, 15) is 0 Å². The summed E-state index contributed by atoms with van der Waals surface area (Å²) in [4.78, 5) is 2.18. The van der Waals surface area contributed by atoms with Crippen LogP contribution in [-0.4, -0.2) is 49.5 Å². The molecule has 0 saturated heterocycles. The van der Waals surface area contributed by atoms with Crippen molar-refractivity contribution in [3.63, 3.8) is 0 Å². The van der Waals surface area contributed by atoms with Gasteiger partial charge in [-0.25, -0.2) is 0 Å². The van der Waals surface area contributed by atoms with Gasteiger partial charge in [-0.1, -0.05) is 13.8 Å². The standard InChI is InChI=1S/C8H19NO2/c1-4-9(5-2)8(6-10)7-11-3/h8,10H,4-7H2,1-3H3. The lowest BCUT2D eigenvalue weighted by atomic mass is 10.3. The highest BCUT2D eigenvalue weighted by molar-refractivity contribution is 4.67. The fourth-order valence-electron chi connectivity index (χ4n) is 1.21. The number of likely N-dealkylation sites (N-methyl/N-ethyl adjacent to an activating group) is 1. The molecule has 0 aliphatic rings. The van der Waals surface area contributed by atoms with E-state index in [4.69, 9.17) is 9.84 Å². The van der Waals surface area contributed by atoms with Crippen LogP contribution in [0.2, 0.25) is 0 Å². The van der Waals surface area contributed by atoms with E-state index >= 15 is 0 Å². The lowest BCUT2D eigenvalue weighted by molar-refractivity contribution is 0.0582. The number of ether oxygens (including phenoxy) is 1. The molecule has 1 N–H and O–H groups in total. The predicted octanol–water partition coefficient (Wildman–Crippen LogP) is 0.335. The fourth-order valence-corrected chi connectivity index (χ4v) is 1.21. The quantitative estimate of drug-likeness (QED) is 0.609. The van der Waals surface area contributed by atoms with Gasteiger partial charge in [0.1, 0.15) is 0 Å². The minimum atomic E-state index is 0.162. The monoisotopic (exact) mass is 161 g/mol. The summed E-state index contributed by atoms with van der Waals surface area (Å²) in [7, 11) is 1.66. The van der Waals surface area contributed by atoms with Crippen LogP contribution in [0.3, 0.4) is 0 Å². The van der Waals surface area contributed by atoms with Crippen molar-refractivity contribution in [2.45, 2.75) is 19.9 Å². The van der Waals surface area contributed by atoms with Crippen LogP contribution in [-0.2, 0) is 4.74 Å². The Morgan fingerprint density at radius 3 is 2.18 bits per heavy atom. The van der Waals surface area contributed by atoms with E-state index in [1.807, 2.05) is 0 Å². The first-order chi connectivity index (χ1) is 5.29. The van der Waals surface area contributed by atoms with Crippen molar-refractivity contribution >= 4 is 0 Å². The van der Waals surface area contributed by atoms with E-state index in [1.165, 1.54) is 0 Å². The Morgan fingerprint density at radius 1 is 1.36 bits per heavy atom. The zero-order chi connectivity index (χ0) is 8.69. The molecule has 3 heteroatoms. The Kier molecular flexibility index (Phi) is 6.51. The molecule has 0 aromatic rings. The molecule has 3 nitrogen and oxygen atoms in total. The van der Waals surface area contributed by atoms with Gasteiger partial charge >= 0.3 is 0 Å². The Bertz CT molecular complexity index is 84.2. The lowest BCUT2D eigenvalue weighted by Gasteiger charge is -2.27. The second-order valence-electron chi connectivity index (χ2n) is 2.51. The van der Waals surface area contributed by atoms with Gasteiger partial charge in [0.05, 0.1) is 19.3 Å². The summed E-state index contributed by atoms with van der Waals surface area (Å²) in [6.45, 7) is 6.88. The van der Waals surface area contributed by atoms with Crippen molar-refractivity contribution in [1.82, 2.24) is 4.90 Å². The third-order valence-corrected chi connectivity index (χ3v) is 1.90. The van der Waals surface area contributed by atoms with Gasteiger partial charge in [-0.05, 0) is 13.1 Å². The summed E-state index contributed by atoms with van der Waals surface area (Å²) in [5.41, 5.74) is 0. The number of rotatable bonds is 6. The second-order valence-corrected chi connectivity index (χ2v) is 2.51. The molecule has 0 radical (unpaired) electrons. The first kappa shape index (κ1) is 10.9. The molecule has 68 valence electrons. The van der Waals surface area contributed by atoms with Crippen LogP contribution in [0.1, 0.15) is 13.8 Å². The van der Waals surface area contributed by atoms with Crippen molar-refractivity contribution in [2.75, 3.05) is 33.4 Å². The van der Waals surface area contributed by atoms with E-state index in [0.29, 0.717) is 6.61 Å². The SMILES string of the molecule is CCN(CC)C(CO)COC. The largest absolute Gasteiger partial charge is 0.395 e. The van der Waals surface area contributed by atoms with Gasteiger partial charge in [-0.3, -0.25) is 4.90 Å². The van der Waals surface area contributed by atoms with Crippen LogP contribution in [0.4, 0.5) is 0 Å². The van der Waals surface area contributed by atoms with Crippen molar-refractivity contribution in [3.8, 4) is 0 Å². The number of hydrogen-bond donors (Lipinski definition) is 1. The topological polar surface area (TPSA) is 32.7 Å². The molecule has 0 fully saturated rings. The highest BCUT2D eigenvalue weighted by Gasteiger charge is 2.13. The van der Waals surface area contributed by atoms with E-state index in [2.05, 4.69) is 18.7 Å². The molecule has 0 aromatic carbocycles. The Morgan fingerprint density at radius 2 is 1.91 bits per heavy atom. The molecule has 0 aliphatic heterocycles. The van der Waals surface area contributed by atoms with Crippen LogP contribution in [0.25, 0.3) is 0 Å². The summed E-state index contributed by atoms with van der Waals surface area (Å²) in [5.74, 6) is 0. The number of hydrogen-bond acceptors (Lipinski definition) is 3. The summed E-state index contributed by atoms with van der Waals surface area (Å²) in [5, 5.41) is 8.97. The average molecular weight is 161 g/mol. The molecule has 0 bridgehead atoms. The third-order valence-electron chi connectivity index (χ3n) is 1.90. The summed E-state index contributed by atoms with van der Waals surface area (Å²) >= 11 is 0. The van der Waals surface area contributed by atoms with Crippen LogP contribution < -0.4 is 0 Å². The van der Waals surface area contributed by atoms with Crippen molar-refractivity contribution < 1.29 is 9.84 Å². The fraction of sp³-hybridized carbons (Fsp3) is 1.00. The summed E-state index contributed by atoms with van der Waals surface area (Å²) in [6, 6.07) is 0.162. The smallest absolute Gasteiger partial charge is 0.0640 e. The maximum Gasteiger partial charge on any atom is 0.0640 e. The number of nitrogens with zero attached hydrogens (tertiary/aromatic N) is 1. The van der Waals surface area contributed by atoms with E-state index < -0.39 is 0 Å². The van der Waals surface area contributed by atoms with Gasteiger partial charge in [0, 0.05) is 7.11 Å². The Hall–Kier alpha value is -0.120. The van der Waals surface area contributed by atoms with Crippen molar-refractivity contribution in [2.24, 2.45) is 0 Å². The molecule has 0 saturated carbocycles. The molecule has 0 rings (SSSR count). The first-order valence-electron chi connectivity index (χ1n) is 4.13. The summed E-state index contributed by atoms with van der Waals surface area (Å²) < 4.78 is 4.98. The highest BCUT2D eigenvalue weighted by atomic mass is 16.5. The molecular formula is C8H19NO2. The molecule has 1 unspecified atom stereocenters. The zero-order valence-corrected chi connectivity index (χ0v) is 7.71. The minimum Gasteiger partial charge on any atom is -0.395 e. The van der Waals surface area contributed by atoms with Gasteiger partial charge in [-0.2, -0.15) is 0 Å². The molecule has 0 aromatic heterocycles. The third kappa shape index (κ3) is 3.70. The normalized spacial score (nSPS) is 13.9. The molecule has 0 heterocycles. The first-order valence-corrected chi connectivity index (χ1v) is 4.13. The van der Waals surface area contributed by atoms with Gasteiger partial charge < -0.3 is 9.84 Å². The zero-order valence-electron chi connectivity index (χ0n) is 7.71. The number of aliphatic hydroxyl groups excluding tert-OH is 1. The van der Waals surface area contributed by atoms with Gasteiger partial charge in [0.25, 0.3) is 0 Å². The van der Waals surface area contributed by atoms with Crippen LogP contribution >= 0.6 is 0 Å². The number of aliphatic hydroxyl groups is 1. The van der Waals surface area contributed by atoms with Crippen molar-refractivity contribution in [3.05, 3.63) is 0 Å². The van der Waals surface area contributed by atoms with Crippen LogP contribution in [0.15, 0.2) is 0 Å². The summed E-state index contributed by atoms with van der Waals surface area (Å²) in [6.07, 6.45) is 0. The van der Waals surface area contributed by atoms with Crippen molar-refractivity contribution in [1.29, 1.82) is 0 Å². The lowest BCUT2D eigenvalue weighted by Crippen LogP contribution is -2.40. The Labute approximate surface area is 69.0 Å². The molecule has 0 spiro atoms. The number of methoxy groups -OCH3 is 1. The molecule has 0 amide bonds. The van der Waals surface area contributed by atoms with Gasteiger partial charge in [0.15, 0.2) is 0 Å². The molecular weight excluding hydrogens is 142 g/mol.